The smallest absolute Gasteiger partial charge is 0.310 e. The second-order valence-electron chi connectivity index (χ2n) is 5.22. The maximum Gasteiger partial charge on any atom is 0.310 e. The van der Waals surface area contributed by atoms with E-state index in [0.717, 1.165) is 0 Å². The molecule has 1 saturated heterocycles. The molecular weight excluding hydrogens is 258 g/mol. The minimum absolute atomic E-state index is 0.0840. The van der Waals surface area contributed by atoms with Gasteiger partial charge in [-0.1, -0.05) is 6.92 Å². The lowest BCUT2D eigenvalue weighted by Gasteiger charge is -2.17. The number of nitrogen functional groups attached to an aromatic ring is 1. The normalized spacial score (nSPS) is 21.9. The van der Waals surface area contributed by atoms with Crippen molar-refractivity contribution in [3.63, 3.8) is 0 Å². The van der Waals surface area contributed by atoms with Gasteiger partial charge < -0.3 is 15.4 Å². The van der Waals surface area contributed by atoms with Gasteiger partial charge in [0.15, 0.2) is 0 Å². The summed E-state index contributed by atoms with van der Waals surface area (Å²) in [6, 6.07) is 1.63. The molecule has 20 heavy (non-hydrogen) atoms. The van der Waals surface area contributed by atoms with Crippen molar-refractivity contribution in [1.82, 2.24) is 9.88 Å². The summed E-state index contributed by atoms with van der Waals surface area (Å²) < 4.78 is 4.77. The van der Waals surface area contributed by atoms with Crippen LogP contribution < -0.4 is 5.73 Å². The predicted octanol–water partition coefficient (Wildman–Crippen LogP) is 0.853. The van der Waals surface area contributed by atoms with Gasteiger partial charge >= 0.3 is 5.97 Å². The van der Waals surface area contributed by atoms with E-state index >= 15 is 0 Å². The molecule has 0 spiro atoms. The number of aromatic nitrogens is 1. The molecule has 1 fully saturated rings. The minimum atomic E-state index is -0.268. The molecule has 0 aromatic carbocycles. The van der Waals surface area contributed by atoms with Crippen LogP contribution in [0.15, 0.2) is 12.3 Å². The number of ether oxygens (including phenoxy) is 1. The van der Waals surface area contributed by atoms with Crippen LogP contribution in [0, 0.1) is 18.8 Å². The molecule has 6 nitrogen and oxygen atoms in total. The number of pyridine rings is 1. The van der Waals surface area contributed by atoms with Crippen LogP contribution >= 0.6 is 0 Å². The molecule has 1 aliphatic heterocycles. The molecule has 0 saturated carbocycles. The van der Waals surface area contributed by atoms with Crippen molar-refractivity contribution in [3.8, 4) is 0 Å². The number of hydrogen-bond acceptors (Lipinski definition) is 5. The summed E-state index contributed by atoms with van der Waals surface area (Å²) in [5.41, 5.74) is 7.26. The Morgan fingerprint density at radius 3 is 2.80 bits per heavy atom. The summed E-state index contributed by atoms with van der Waals surface area (Å²) in [6.07, 6.45) is 1.52. The molecule has 108 valence electrons. The molecule has 6 heteroatoms. The number of nitrogens with two attached hydrogens (primary N) is 1. The molecule has 2 atom stereocenters. The zero-order valence-corrected chi connectivity index (χ0v) is 11.9. The van der Waals surface area contributed by atoms with Crippen LogP contribution in [0.1, 0.15) is 23.0 Å². The molecule has 1 amide bonds. The topological polar surface area (TPSA) is 85.5 Å². The Morgan fingerprint density at radius 2 is 2.15 bits per heavy atom. The average molecular weight is 277 g/mol. The molecule has 1 aromatic heterocycles. The second kappa shape index (κ2) is 5.48. The Balaban J connectivity index is 2.19. The number of aryl methyl sites for hydroxylation is 1. The highest BCUT2D eigenvalue weighted by Gasteiger charge is 2.38. The number of carbonyl (C=O) groups is 2. The van der Waals surface area contributed by atoms with E-state index in [4.69, 9.17) is 10.5 Å². The molecule has 2 heterocycles. The Hall–Kier alpha value is -2.11. The maximum atomic E-state index is 12.5. The fourth-order valence-corrected chi connectivity index (χ4v) is 2.53. The number of hydrogen-bond donors (Lipinski definition) is 1. The first-order chi connectivity index (χ1) is 9.43. The molecule has 2 rings (SSSR count). The van der Waals surface area contributed by atoms with Crippen LogP contribution in [0.2, 0.25) is 0 Å². The average Bonchev–Trinajstić information content (AvgIpc) is 2.82. The SMILES string of the molecule is COC(=O)C1CN(C(=O)c2cc(N)cnc2C)CC1C. The molecule has 1 aliphatic rings. The highest BCUT2D eigenvalue weighted by atomic mass is 16.5. The van der Waals surface area contributed by atoms with Gasteiger partial charge in [-0.3, -0.25) is 14.6 Å². The number of likely N-dealkylation sites (tertiary alicyclic amines) is 1. The Morgan fingerprint density at radius 1 is 1.45 bits per heavy atom. The van der Waals surface area contributed by atoms with Gasteiger partial charge in [0.05, 0.1) is 36.2 Å². The maximum absolute atomic E-state index is 12.5. The predicted molar refractivity (Wildman–Crippen MR) is 74.0 cm³/mol. The molecular formula is C14H19N3O3. The second-order valence-corrected chi connectivity index (χ2v) is 5.22. The van der Waals surface area contributed by atoms with E-state index in [1.807, 2.05) is 6.92 Å². The Labute approximate surface area is 117 Å². The van der Waals surface area contributed by atoms with Gasteiger partial charge in [-0.15, -0.1) is 0 Å². The van der Waals surface area contributed by atoms with Crippen molar-refractivity contribution in [1.29, 1.82) is 0 Å². The van der Waals surface area contributed by atoms with Crippen molar-refractivity contribution in [2.75, 3.05) is 25.9 Å². The highest BCUT2D eigenvalue weighted by molar-refractivity contribution is 5.96. The van der Waals surface area contributed by atoms with Crippen LogP contribution in [0.5, 0.6) is 0 Å². The summed E-state index contributed by atoms with van der Waals surface area (Å²) in [7, 11) is 1.37. The van der Waals surface area contributed by atoms with E-state index in [9.17, 15) is 9.59 Å². The minimum Gasteiger partial charge on any atom is -0.469 e. The van der Waals surface area contributed by atoms with Crippen LogP contribution in [-0.4, -0.2) is 42.0 Å². The van der Waals surface area contributed by atoms with Crippen molar-refractivity contribution < 1.29 is 14.3 Å². The first-order valence-corrected chi connectivity index (χ1v) is 6.53. The fraction of sp³-hybridized carbons (Fsp3) is 0.500. The van der Waals surface area contributed by atoms with Crippen molar-refractivity contribution >= 4 is 17.6 Å². The van der Waals surface area contributed by atoms with E-state index in [2.05, 4.69) is 4.98 Å². The summed E-state index contributed by atoms with van der Waals surface area (Å²) in [5, 5.41) is 0. The molecule has 1 aromatic rings. The number of methoxy groups -OCH3 is 1. The number of nitrogens with zero attached hydrogens (tertiary/aromatic N) is 2. The van der Waals surface area contributed by atoms with Crippen LogP contribution in [0.3, 0.4) is 0 Å². The molecule has 2 N–H and O–H groups in total. The lowest BCUT2D eigenvalue weighted by molar-refractivity contribution is -0.146. The number of amides is 1. The fourth-order valence-electron chi connectivity index (χ4n) is 2.53. The van der Waals surface area contributed by atoms with Crippen molar-refractivity contribution in [2.24, 2.45) is 11.8 Å². The van der Waals surface area contributed by atoms with Gasteiger partial charge in [0.1, 0.15) is 0 Å². The summed E-state index contributed by atoms with van der Waals surface area (Å²) in [4.78, 5) is 29.9. The summed E-state index contributed by atoms with van der Waals surface area (Å²) in [5.74, 6) is -0.588. The monoisotopic (exact) mass is 277 g/mol. The van der Waals surface area contributed by atoms with Crippen LogP contribution in [0.25, 0.3) is 0 Å². The van der Waals surface area contributed by atoms with E-state index in [-0.39, 0.29) is 23.7 Å². The van der Waals surface area contributed by atoms with Gasteiger partial charge in [0.25, 0.3) is 5.91 Å². The van der Waals surface area contributed by atoms with Crippen LogP contribution in [-0.2, 0) is 9.53 Å². The molecule has 0 radical (unpaired) electrons. The number of anilines is 1. The first-order valence-electron chi connectivity index (χ1n) is 6.53. The van der Waals surface area contributed by atoms with Gasteiger partial charge in [-0.25, -0.2) is 0 Å². The third kappa shape index (κ3) is 2.59. The summed E-state index contributed by atoms with van der Waals surface area (Å²) in [6.45, 7) is 4.62. The quantitative estimate of drug-likeness (QED) is 0.810. The Kier molecular flexibility index (Phi) is 3.92. The standard InChI is InChI=1S/C14H19N3O3/c1-8-6-17(7-12(8)14(19)20-3)13(18)11-4-10(15)5-16-9(11)2/h4-5,8,12H,6-7,15H2,1-3H3. The summed E-state index contributed by atoms with van der Waals surface area (Å²) >= 11 is 0. The van der Waals surface area contributed by atoms with E-state index in [1.54, 1.807) is 17.9 Å². The Bertz CT molecular complexity index is 544. The van der Waals surface area contributed by atoms with Gasteiger partial charge in [0, 0.05) is 13.1 Å². The van der Waals surface area contributed by atoms with E-state index in [0.29, 0.717) is 30.0 Å². The molecule has 2 unspecified atom stereocenters. The van der Waals surface area contributed by atoms with Gasteiger partial charge in [0.2, 0.25) is 0 Å². The molecule has 0 bridgehead atoms. The largest absolute Gasteiger partial charge is 0.469 e. The lowest BCUT2D eigenvalue weighted by Crippen LogP contribution is -2.31. The zero-order chi connectivity index (χ0) is 14.9. The first kappa shape index (κ1) is 14.3. The van der Waals surface area contributed by atoms with Crippen molar-refractivity contribution in [3.05, 3.63) is 23.5 Å². The third-order valence-electron chi connectivity index (χ3n) is 3.74. The van der Waals surface area contributed by atoms with Gasteiger partial charge in [-0.2, -0.15) is 0 Å². The lowest BCUT2D eigenvalue weighted by atomic mass is 9.99. The zero-order valence-electron chi connectivity index (χ0n) is 11.9. The molecule has 0 aliphatic carbocycles. The highest BCUT2D eigenvalue weighted by Crippen LogP contribution is 2.26. The number of esters is 1. The number of rotatable bonds is 2. The van der Waals surface area contributed by atoms with Crippen molar-refractivity contribution in [2.45, 2.75) is 13.8 Å². The van der Waals surface area contributed by atoms with Gasteiger partial charge in [-0.05, 0) is 18.9 Å². The van der Waals surface area contributed by atoms with E-state index < -0.39 is 0 Å². The van der Waals surface area contributed by atoms with Crippen LogP contribution in [0.4, 0.5) is 5.69 Å². The number of carbonyl (C=O) groups excluding carboxylic acids is 2. The third-order valence-corrected chi connectivity index (χ3v) is 3.74. The van der Waals surface area contributed by atoms with E-state index in [1.165, 1.54) is 13.3 Å².